The molecule has 27 heavy (non-hydrogen) atoms. The van der Waals surface area contributed by atoms with E-state index in [2.05, 4.69) is 30.3 Å². The summed E-state index contributed by atoms with van der Waals surface area (Å²) >= 11 is 1.67. The predicted octanol–water partition coefficient (Wildman–Crippen LogP) is 4.13. The maximum Gasteiger partial charge on any atom is 0.232 e. The van der Waals surface area contributed by atoms with Gasteiger partial charge in [-0.1, -0.05) is 36.4 Å². The predicted molar refractivity (Wildman–Crippen MR) is 108 cm³/mol. The van der Waals surface area contributed by atoms with Crippen LogP contribution in [-0.4, -0.2) is 36.4 Å². The van der Waals surface area contributed by atoms with E-state index in [9.17, 15) is 4.79 Å². The van der Waals surface area contributed by atoms with E-state index in [0.717, 1.165) is 49.6 Å². The summed E-state index contributed by atoms with van der Waals surface area (Å²) in [4.78, 5) is 14.5. The number of amides is 1. The van der Waals surface area contributed by atoms with Crippen molar-refractivity contribution in [2.75, 3.05) is 25.6 Å². The van der Waals surface area contributed by atoms with Gasteiger partial charge in [0.15, 0.2) is 11.5 Å². The van der Waals surface area contributed by atoms with Crippen molar-refractivity contribution in [3.63, 3.8) is 0 Å². The van der Waals surface area contributed by atoms with Gasteiger partial charge in [-0.15, -0.1) is 11.8 Å². The minimum atomic E-state index is 0.263. The molecule has 1 saturated heterocycles. The molecule has 1 fully saturated rings. The SMILES string of the molecule is O=C(CSCc1ccc2c(c1)OCO2)N1CCC(Cc2ccccc2)CC1. The molecule has 0 spiro atoms. The summed E-state index contributed by atoms with van der Waals surface area (Å²) in [7, 11) is 0. The van der Waals surface area contributed by atoms with Crippen molar-refractivity contribution in [2.24, 2.45) is 5.92 Å². The smallest absolute Gasteiger partial charge is 0.232 e. The van der Waals surface area contributed by atoms with Crippen LogP contribution in [-0.2, 0) is 17.0 Å². The van der Waals surface area contributed by atoms with Gasteiger partial charge >= 0.3 is 0 Å². The quantitative estimate of drug-likeness (QED) is 0.752. The van der Waals surface area contributed by atoms with Crippen LogP contribution in [0.2, 0.25) is 0 Å². The molecule has 0 radical (unpaired) electrons. The maximum absolute atomic E-state index is 12.5. The second-order valence-corrected chi connectivity index (χ2v) is 8.18. The highest BCUT2D eigenvalue weighted by Gasteiger charge is 2.23. The van der Waals surface area contributed by atoms with Crippen LogP contribution < -0.4 is 9.47 Å². The normalized spacial score (nSPS) is 16.5. The van der Waals surface area contributed by atoms with E-state index in [1.807, 2.05) is 23.1 Å². The summed E-state index contributed by atoms with van der Waals surface area (Å²) in [6, 6.07) is 16.7. The fourth-order valence-electron chi connectivity index (χ4n) is 3.71. The van der Waals surface area contributed by atoms with Crippen LogP contribution in [0.4, 0.5) is 0 Å². The first-order valence-electron chi connectivity index (χ1n) is 9.56. The Morgan fingerprint density at radius 2 is 1.78 bits per heavy atom. The Morgan fingerprint density at radius 3 is 2.59 bits per heavy atom. The lowest BCUT2D eigenvalue weighted by Crippen LogP contribution is -2.39. The van der Waals surface area contributed by atoms with Gasteiger partial charge in [-0.25, -0.2) is 0 Å². The highest BCUT2D eigenvalue weighted by Crippen LogP contribution is 2.33. The van der Waals surface area contributed by atoms with E-state index >= 15 is 0 Å². The molecule has 2 aliphatic heterocycles. The second kappa shape index (κ2) is 8.70. The zero-order chi connectivity index (χ0) is 18.5. The minimum absolute atomic E-state index is 0.263. The van der Waals surface area contributed by atoms with Crippen LogP contribution in [0.3, 0.4) is 0 Å². The molecule has 2 aromatic carbocycles. The maximum atomic E-state index is 12.5. The molecule has 4 nitrogen and oxygen atoms in total. The summed E-state index contributed by atoms with van der Waals surface area (Å²) in [5.41, 5.74) is 2.57. The van der Waals surface area contributed by atoms with Crippen molar-refractivity contribution in [1.29, 1.82) is 0 Å². The van der Waals surface area contributed by atoms with E-state index in [4.69, 9.17) is 9.47 Å². The Hall–Kier alpha value is -2.14. The van der Waals surface area contributed by atoms with Crippen molar-refractivity contribution in [1.82, 2.24) is 4.90 Å². The van der Waals surface area contributed by atoms with Gasteiger partial charge in [0.1, 0.15) is 0 Å². The number of ether oxygens (including phenoxy) is 2. The van der Waals surface area contributed by atoms with Crippen LogP contribution in [0.1, 0.15) is 24.0 Å². The number of benzene rings is 2. The molecule has 5 heteroatoms. The average Bonchev–Trinajstić information content (AvgIpc) is 3.17. The number of piperidine rings is 1. The summed E-state index contributed by atoms with van der Waals surface area (Å²) < 4.78 is 10.7. The topological polar surface area (TPSA) is 38.8 Å². The van der Waals surface area contributed by atoms with Crippen LogP contribution in [0.15, 0.2) is 48.5 Å². The third kappa shape index (κ3) is 4.78. The van der Waals surface area contributed by atoms with Gasteiger partial charge in [-0.3, -0.25) is 4.79 Å². The summed E-state index contributed by atoms with van der Waals surface area (Å²) in [5, 5.41) is 0. The monoisotopic (exact) mass is 383 g/mol. The van der Waals surface area contributed by atoms with Gasteiger partial charge in [-0.2, -0.15) is 0 Å². The lowest BCUT2D eigenvalue weighted by molar-refractivity contribution is -0.129. The van der Waals surface area contributed by atoms with Gasteiger partial charge in [0.05, 0.1) is 5.75 Å². The molecule has 0 bridgehead atoms. The average molecular weight is 384 g/mol. The van der Waals surface area contributed by atoms with E-state index in [1.54, 1.807) is 11.8 Å². The van der Waals surface area contributed by atoms with Crippen molar-refractivity contribution < 1.29 is 14.3 Å². The van der Waals surface area contributed by atoms with Crippen molar-refractivity contribution in [3.05, 3.63) is 59.7 Å². The molecule has 0 unspecified atom stereocenters. The number of carbonyl (C=O) groups excluding carboxylic acids is 1. The zero-order valence-corrected chi connectivity index (χ0v) is 16.2. The molecule has 4 rings (SSSR count). The number of fused-ring (bicyclic) bond motifs is 1. The molecule has 1 amide bonds. The Kier molecular flexibility index (Phi) is 5.87. The molecule has 0 saturated carbocycles. The highest BCUT2D eigenvalue weighted by molar-refractivity contribution is 7.99. The molecule has 0 aliphatic carbocycles. The van der Waals surface area contributed by atoms with Gasteiger partial charge in [-0.05, 0) is 48.4 Å². The molecule has 0 atom stereocenters. The summed E-state index contributed by atoms with van der Waals surface area (Å²) in [6.45, 7) is 2.08. The van der Waals surface area contributed by atoms with E-state index in [0.29, 0.717) is 18.5 Å². The molecular weight excluding hydrogens is 358 g/mol. The zero-order valence-electron chi connectivity index (χ0n) is 15.4. The molecule has 2 heterocycles. The van der Waals surface area contributed by atoms with Crippen LogP contribution in [0.25, 0.3) is 0 Å². The van der Waals surface area contributed by atoms with Gasteiger partial charge < -0.3 is 14.4 Å². The van der Waals surface area contributed by atoms with E-state index < -0.39 is 0 Å². The Labute approximate surface area is 164 Å². The van der Waals surface area contributed by atoms with Gasteiger partial charge in [0.25, 0.3) is 0 Å². The standard InChI is InChI=1S/C22H25NO3S/c24-22(15-27-14-19-6-7-20-21(13-19)26-16-25-20)23-10-8-18(9-11-23)12-17-4-2-1-3-5-17/h1-7,13,18H,8-12,14-16H2. The van der Waals surface area contributed by atoms with E-state index in [1.165, 1.54) is 11.1 Å². The first-order chi connectivity index (χ1) is 13.3. The molecular formula is C22H25NO3S. The number of likely N-dealkylation sites (tertiary alicyclic amines) is 1. The molecule has 0 aromatic heterocycles. The third-order valence-electron chi connectivity index (χ3n) is 5.27. The summed E-state index contributed by atoms with van der Waals surface area (Å²) in [5.74, 6) is 3.92. The lowest BCUT2D eigenvalue weighted by Gasteiger charge is -2.32. The number of carbonyl (C=O) groups is 1. The number of hydrogen-bond donors (Lipinski definition) is 0. The summed E-state index contributed by atoms with van der Waals surface area (Å²) in [6.07, 6.45) is 3.34. The Balaban J connectivity index is 1.18. The second-order valence-electron chi connectivity index (χ2n) is 7.19. The number of nitrogens with zero attached hydrogens (tertiary/aromatic N) is 1. The minimum Gasteiger partial charge on any atom is -0.454 e. The number of hydrogen-bond acceptors (Lipinski definition) is 4. The first kappa shape index (κ1) is 18.2. The van der Waals surface area contributed by atoms with Crippen molar-refractivity contribution in [2.45, 2.75) is 25.0 Å². The third-order valence-corrected chi connectivity index (χ3v) is 6.25. The van der Waals surface area contributed by atoms with E-state index in [-0.39, 0.29) is 5.91 Å². The Morgan fingerprint density at radius 1 is 1.00 bits per heavy atom. The highest BCUT2D eigenvalue weighted by atomic mass is 32.2. The van der Waals surface area contributed by atoms with Crippen LogP contribution in [0, 0.1) is 5.92 Å². The molecule has 2 aromatic rings. The number of thioether (sulfide) groups is 1. The van der Waals surface area contributed by atoms with Crippen molar-refractivity contribution in [3.8, 4) is 11.5 Å². The molecule has 2 aliphatic rings. The lowest BCUT2D eigenvalue weighted by atomic mass is 9.90. The molecule has 0 N–H and O–H groups in total. The largest absolute Gasteiger partial charge is 0.454 e. The van der Waals surface area contributed by atoms with Gasteiger partial charge in [0.2, 0.25) is 12.7 Å². The van der Waals surface area contributed by atoms with Crippen LogP contribution in [0.5, 0.6) is 11.5 Å². The number of rotatable bonds is 6. The van der Waals surface area contributed by atoms with Gasteiger partial charge in [0, 0.05) is 18.8 Å². The van der Waals surface area contributed by atoms with Crippen LogP contribution >= 0.6 is 11.8 Å². The molecule has 142 valence electrons. The first-order valence-corrected chi connectivity index (χ1v) is 10.7. The fraction of sp³-hybridized carbons (Fsp3) is 0.409. The fourth-order valence-corrected chi connectivity index (χ4v) is 4.59. The Bertz CT molecular complexity index is 772. The van der Waals surface area contributed by atoms with Crippen molar-refractivity contribution >= 4 is 17.7 Å².